The number of carbonyl (C=O) groups excluding carboxylic acids is 4. The first-order valence-electron chi connectivity index (χ1n) is 21.7. The summed E-state index contributed by atoms with van der Waals surface area (Å²) in [6, 6.07) is 15.5. The van der Waals surface area contributed by atoms with Crippen LogP contribution in [0.5, 0.6) is 0 Å². The van der Waals surface area contributed by atoms with E-state index in [1.165, 1.54) is 22.3 Å². The van der Waals surface area contributed by atoms with Crippen molar-refractivity contribution in [3.05, 3.63) is 112 Å². The summed E-state index contributed by atoms with van der Waals surface area (Å²) in [5.74, 6) is -5.05. The Bertz CT molecular complexity index is 2580. The second kappa shape index (κ2) is 17.1. The number of fused-ring (bicyclic) bond motifs is 2. The maximum absolute atomic E-state index is 16.0. The Labute approximate surface area is 371 Å². The van der Waals surface area contributed by atoms with Crippen molar-refractivity contribution in [1.29, 1.82) is 0 Å². The molecule has 3 N–H and O–H groups in total. The number of nitrogens with zero attached hydrogens (tertiary/aromatic N) is 7. The largest absolute Gasteiger partial charge is 0.374 e. The number of piperazine rings is 1. The standard InChI is InChI=1S/C46H47F3N10O4S/c47-35-23-30(22-33-34(35)25-59(44(33)63)41(43(62)54-45-50-14-21-64-45)40-37-2-1-15-58(37)27-51-40)29-5-9-32(10-6-29)57-16-13-38(46(48,49)26-57)56-19-17-55(18-20-56)24-28-3-7-31(8-4-28)52-36-11-12-39(60)53-42(36)61/h3-10,14,21-23,27,36,38,41,52H,1-2,11-13,15-20,24-26H2,(H,50,54,62)(H,53,60,61). The van der Waals surface area contributed by atoms with Crippen molar-refractivity contribution in [3.63, 3.8) is 0 Å². The summed E-state index contributed by atoms with van der Waals surface area (Å²) in [6.45, 7) is 3.77. The fourth-order valence-corrected chi connectivity index (χ4v) is 10.4. The van der Waals surface area contributed by atoms with Crippen molar-refractivity contribution in [1.82, 2.24) is 34.6 Å². The molecular formula is C46H47F3N10O4S. The topological polar surface area (TPSA) is 148 Å². The number of thiazole rings is 1. The first kappa shape index (κ1) is 41.9. The van der Waals surface area contributed by atoms with Crippen LogP contribution in [0.2, 0.25) is 0 Å². The van der Waals surface area contributed by atoms with Crippen molar-refractivity contribution in [2.24, 2.45) is 0 Å². The molecular weight excluding hydrogens is 846 g/mol. The van der Waals surface area contributed by atoms with Gasteiger partial charge in [0.15, 0.2) is 11.2 Å². The molecule has 0 bridgehead atoms. The van der Waals surface area contributed by atoms with E-state index in [4.69, 9.17) is 0 Å². The third kappa shape index (κ3) is 8.25. The number of alkyl halides is 2. The monoisotopic (exact) mass is 892 g/mol. The lowest BCUT2D eigenvalue weighted by atomic mass is 9.96. The number of aryl methyl sites for hydroxylation is 1. The van der Waals surface area contributed by atoms with Crippen LogP contribution in [0.4, 0.5) is 29.7 Å². The minimum absolute atomic E-state index is 0.106. The lowest BCUT2D eigenvalue weighted by molar-refractivity contribution is -0.133. The number of imide groups is 1. The number of hydrogen-bond donors (Lipinski definition) is 3. The molecule has 64 heavy (non-hydrogen) atoms. The van der Waals surface area contributed by atoms with E-state index >= 15 is 13.2 Å². The molecule has 10 rings (SSSR count). The average Bonchev–Trinajstić information content (AvgIpc) is 4.11. The third-order valence-corrected chi connectivity index (χ3v) is 13.9. The van der Waals surface area contributed by atoms with Gasteiger partial charge in [0.05, 0.1) is 31.2 Å². The Kier molecular flexibility index (Phi) is 11.2. The molecule has 3 aromatic carbocycles. The number of carbonyl (C=O) groups is 4. The van der Waals surface area contributed by atoms with E-state index in [2.05, 4.69) is 30.8 Å². The fraction of sp³-hybridized carbons (Fsp3) is 0.391. The van der Waals surface area contributed by atoms with Gasteiger partial charge in [0.2, 0.25) is 11.8 Å². The fourth-order valence-electron chi connectivity index (χ4n) is 9.86. The molecule has 3 fully saturated rings. The highest BCUT2D eigenvalue weighted by Gasteiger charge is 2.48. The summed E-state index contributed by atoms with van der Waals surface area (Å²) in [6.07, 6.45) is 5.91. The van der Waals surface area contributed by atoms with E-state index in [0.29, 0.717) is 92.6 Å². The van der Waals surface area contributed by atoms with Crippen molar-refractivity contribution in [2.45, 2.75) is 75.8 Å². The molecule has 3 atom stereocenters. The molecule has 332 valence electrons. The third-order valence-electron chi connectivity index (χ3n) is 13.2. The average molecular weight is 893 g/mol. The van der Waals surface area contributed by atoms with Crippen molar-refractivity contribution in [2.75, 3.05) is 54.8 Å². The quantitative estimate of drug-likeness (QED) is 0.142. The van der Waals surface area contributed by atoms with Crippen LogP contribution in [0, 0.1) is 5.82 Å². The first-order valence-corrected chi connectivity index (χ1v) is 22.6. The van der Waals surface area contributed by atoms with Gasteiger partial charge in [-0.15, -0.1) is 11.3 Å². The highest BCUT2D eigenvalue weighted by molar-refractivity contribution is 7.13. The maximum Gasteiger partial charge on any atom is 0.280 e. The van der Waals surface area contributed by atoms with Crippen molar-refractivity contribution < 1.29 is 32.3 Å². The molecule has 2 aromatic heterocycles. The summed E-state index contributed by atoms with van der Waals surface area (Å²) in [4.78, 5) is 67.6. The summed E-state index contributed by atoms with van der Waals surface area (Å²) >= 11 is 1.25. The number of benzene rings is 3. The molecule has 0 aliphatic carbocycles. The summed E-state index contributed by atoms with van der Waals surface area (Å²) in [5.41, 5.74) is 5.32. The summed E-state index contributed by atoms with van der Waals surface area (Å²) in [7, 11) is 0. The Morgan fingerprint density at radius 2 is 1.72 bits per heavy atom. The number of anilines is 3. The molecule has 3 unspecified atom stereocenters. The van der Waals surface area contributed by atoms with Crippen LogP contribution >= 0.6 is 11.3 Å². The SMILES string of the molecule is O=C1CCC(Nc2ccc(CN3CCN(C4CCN(c5ccc(-c6cc(F)c7c(c6)C(=O)N(C(C(=O)Nc6nccs6)c6ncn8c6CCC8)C7)cc5)CC4(F)F)CC3)cc2)C(=O)N1. The Balaban J connectivity index is 0.756. The number of rotatable bonds is 11. The normalized spacial score (nSPS) is 21.7. The second-order valence-electron chi connectivity index (χ2n) is 17.2. The predicted octanol–water partition coefficient (Wildman–Crippen LogP) is 5.68. The van der Waals surface area contributed by atoms with E-state index in [0.717, 1.165) is 29.9 Å². The molecule has 0 spiro atoms. The summed E-state index contributed by atoms with van der Waals surface area (Å²) in [5, 5.41) is 10.5. The van der Waals surface area contributed by atoms with Gasteiger partial charge in [-0.25, -0.2) is 23.1 Å². The minimum atomic E-state index is -2.95. The van der Waals surface area contributed by atoms with Crippen LogP contribution in [0.15, 0.2) is 78.6 Å². The van der Waals surface area contributed by atoms with Gasteiger partial charge in [0, 0.05) is 92.0 Å². The van der Waals surface area contributed by atoms with Gasteiger partial charge < -0.3 is 19.7 Å². The highest BCUT2D eigenvalue weighted by atomic mass is 32.1. The van der Waals surface area contributed by atoms with Crippen LogP contribution in [-0.4, -0.2) is 110 Å². The van der Waals surface area contributed by atoms with Crippen LogP contribution < -0.4 is 20.9 Å². The van der Waals surface area contributed by atoms with Crippen LogP contribution in [0.3, 0.4) is 0 Å². The van der Waals surface area contributed by atoms with Gasteiger partial charge in [-0.2, -0.15) is 0 Å². The van der Waals surface area contributed by atoms with Crippen molar-refractivity contribution in [3.8, 4) is 11.1 Å². The van der Waals surface area contributed by atoms with Crippen LogP contribution in [0.1, 0.15) is 64.6 Å². The number of halogens is 3. The Morgan fingerprint density at radius 1 is 0.922 bits per heavy atom. The van der Waals surface area contributed by atoms with E-state index in [9.17, 15) is 19.2 Å². The number of piperidine rings is 2. The zero-order valence-corrected chi connectivity index (χ0v) is 35.8. The number of nitrogens with one attached hydrogen (secondary N) is 3. The Hall–Kier alpha value is -6.11. The number of imidazole rings is 1. The van der Waals surface area contributed by atoms with E-state index in [1.54, 1.807) is 53.1 Å². The smallest absolute Gasteiger partial charge is 0.280 e. The number of aromatic nitrogens is 3. The highest BCUT2D eigenvalue weighted by Crippen LogP contribution is 2.39. The molecule has 5 aliphatic rings. The lowest BCUT2D eigenvalue weighted by Gasteiger charge is -2.47. The molecule has 0 saturated carbocycles. The Morgan fingerprint density at radius 3 is 2.45 bits per heavy atom. The van der Waals surface area contributed by atoms with Crippen molar-refractivity contribution >= 4 is 51.5 Å². The molecule has 5 aromatic rings. The van der Waals surface area contributed by atoms with Crippen LogP contribution in [-0.2, 0) is 40.4 Å². The number of hydrogen-bond acceptors (Lipinski definition) is 11. The molecule has 4 amide bonds. The van der Waals surface area contributed by atoms with Gasteiger partial charge in [0.25, 0.3) is 17.7 Å². The molecule has 14 nitrogen and oxygen atoms in total. The summed E-state index contributed by atoms with van der Waals surface area (Å²) < 4.78 is 49.9. The predicted molar refractivity (Wildman–Crippen MR) is 234 cm³/mol. The van der Waals surface area contributed by atoms with Gasteiger partial charge in [-0.05, 0) is 78.8 Å². The van der Waals surface area contributed by atoms with Gasteiger partial charge in [-0.1, -0.05) is 24.3 Å². The zero-order valence-electron chi connectivity index (χ0n) is 34.9. The van der Waals surface area contributed by atoms with Crippen LogP contribution in [0.25, 0.3) is 11.1 Å². The maximum atomic E-state index is 16.0. The van der Waals surface area contributed by atoms with Gasteiger partial charge >= 0.3 is 0 Å². The van der Waals surface area contributed by atoms with Gasteiger partial charge in [-0.3, -0.25) is 39.6 Å². The number of amides is 4. The zero-order chi connectivity index (χ0) is 44.1. The van der Waals surface area contributed by atoms with E-state index in [1.807, 2.05) is 33.7 Å². The van der Waals surface area contributed by atoms with Gasteiger partial charge in [0.1, 0.15) is 11.9 Å². The van der Waals surface area contributed by atoms with E-state index in [-0.39, 0.29) is 29.5 Å². The minimum Gasteiger partial charge on any atom is -0.374 e. The first-order chi connectivity index (χ1) is 31.0. The molecule has 5 aliphatic heterocycles. The molecule has 3 saturated heterocycles. The molecule has 18 heteroatoms. The van der Waals surface area contributed by atoms with E-state index < -0.39 is 48.2 Å². The lowest BCUT2D eigenvalue weighted by Crippen LogP contribution is -2.61. The molecule has 0 radical (unpaired) electrons. The molecule has 7 heterocycles. The second-order valence-corrected chi connectivity index (χ2v) is 18.1.